The highest BCUT2D eigenvalue weighted by molar-refractivity contribution is 5.27. The van der Waals surface area contributed by atoms with Crippen molar-refractivity contribution in [3.8, 4) is 0 Å². The van der Waals surface area contributed by atoms with Gasteiger partial charge in [-0.25, -0.2) is 4.39 Å². The van der Waals surface area contributed by atoms with Gasteiger partial charge in [-0.1, -0.05) is 18.2 Å². The minimum absolute atomic E-state index is 0.0515. The van der Waals surface area contributed by atoms with E-state index in [4.69, 9.17) is 10.5 Å². The summed E-state index contributed by atoms with van der Waals surface area (Å²) in [5, 5.41) is 9.44. The Morgan fingerprint density at radius 3 is 2.88 bits per heavy atom. The van der Waals surface area contributed by atoms with Gasteiger partial charge in [0, 0.05) is 18.1 Å². The van der Waals surface area contributed by atoms with E-state index < -0.39 is 5.54 Å². The Hall–Kier alpha value is -0.970. The van der Waals surface area contributed by atoms with E-state index in [9.17, 15) is 9.50 Å². The van der Waals surface area contributed by atoms with E-state index in [1.807, 2.05) is 6.92 Å². The molecule has 1 saturated heterocycles. The Morgan fingerprint density at radius 1 is 1.53 bits per heavy atom. The van der Waals surface area contributed by atoms with Gasteiger partial charge in [0.25, 0.3) is 0 Å². The maximum absolute atomic E-state index is 13.8. The molecule has 0 bridgehead atoms. The first kappa shape index (κ1) is 12.5. The molecule has 1 aliphatic rings. The van der Waals surface area contributed by atoms with Crippen LogP contribution in [0.4, 0.5) is 4.39 Å². The average Bonchev–Trinajstić information content (AvgIpc) is 2.33. The first-order valence-electron chi connectivity index (χ1n) is 5.84. The van der Waals surface area contributed by atoms with Gasteiger partial charge in [0.05, 0.1) is 18.2 Å². The Labute approximate surface area is 100 Å². The molecule has 4 heteroatoms. The quantitative estimate of drug-likeness (QED) is 0.820. The lowest BCUT2D eigenvalue weighted by Crippen LogP contribution is -2.54. The predicted molar refractivity (Wildman–Crippen MR) is 62.9 cm³/mol. The molecule has 2 rings (SSSR count). The van der Waals surface area contributed by atoms with Crippen LogP contribution in [0.25, 0.3) is 0 Å². The molecule has 3 nitrogen and oxygen atoms in total. The Bertz CT molecular complexity index is 399. The lowest BCUT2D eigenvalue weighted by atomic mass is 9.75. The van der Waals surface area contributed by atoms with Crippen molar-refractivity contribution in [2.24, 2.45) is 11.7 Å². The van der Waals surface area contributed by atoms with Crippen molar-refractivity contribution < 1.29 is 14.2 Å². The third-order valence-electron chi connectivity index (χ3n) is 3.55. The van der Waals surface area contributed by atoms with Crippen molar-refractivity contribution in [1.82, 2.24) is 0 Å². The zero-order valence-corrected chi connectivity index (χ0v) is 9.90. The molecule has 1 fully saturated rings. The van der Waals surface area contributed by atoms with Crippen molar-refractivity contribution in [3.63, 3.8) is 0 Å². The van der Waals surface area contributed by atoms with Crippen molar-refractivity contribution in [2.75, 3.05) is 13.2 Å². The maximum atomic E-state index is 13.8. The van der Waals surface area contributed by atoms with Gasteiger partial charge in [0.2, 0.25) is 0 Å². The molecule has 1 heterocycles. The van der Waals surface area contributed by atoms with E-state index in [0.29, 0.717) is 12.0 Å². The van der Waals surface area contributed by atoms with Crippen LogP contribution in [0.1, 0.15) is 18.9 Å². The first-order valence-corrected chi connectivity index (χ1v) is 5.84. The summed E-state index contributed by atoms with van der Waals surface area (Å²) >= 11 is 0. The minimum Gasteiger partial charge on any atom is -0.396 e. The summed E-state index contributed by atoms with van der Waals surface area (Å²) in [7, 11) is 0. The van der Waals surface area contributed by atoms with Crippen LogP contribution in [0.2, 0.25) is 0 Å². The predicted octanol–water partition coefficient (Wildman–Crippen LogP) is 1.40. The van der Waals surface area contributed by atoms with Gasteiger partial charge in [-0.15, -0.1) is 0 Å². The summed E-state index contributed by atoms with van der Waals surface area (Å²) in [6.45, 7) is 2.11. The van der Waals surface area contributed by atoms with Crippen LogP contribution >= 0.6 is 0 Å². The molecule has 0 spiro atoms. The average molecular weight is 239 g/mol. The summed E-state index contributed by atoms with van der Waals surface area (Å²) < 4.78 is 19.3. The molecular formula is C13H18FNO2. The number of halogens is 1. The second-order valence-corrected chi connectivity index (χ2v) is 4.76. The monoisotopic (exact) mass is 239 g/mol. The standard InChI is InChI=1S/C13H18FNO2/c1-9-6-10(7-16)13(15,8-17-9)11-4-2-3-5-12(11)14/h2-5,9-10,16H,6-8,15H2,1H3/t9-,10?,13?/m0/s1. The molecule has 3 atom stereocenters. The van der Waals surface area contributed by atoms with Gasteiger partial charge < -0.3 is 15.6 Å². The third-order valence-corrected chi connectivity index (χ3v) is 3.55. The highest BCUT2D eigenvalue weighted by Crippen LogP contribution is 2.36. The van der Waals surface area contributed by atoms with E-state index in [-0.39, 0.29) is 31.1 Å². The molecule has 0 amide bonds. The summed E-state index contributed by atoms with van der Waals surface area (Å²) in [6.07, 6.45) is 0.692. The van der Waals surface area contributed by atoms with Crippen molar-refractivity contribution >= 4 is 0 Å². The number of aliphatic hydroxyl groups is 1. The van der Waals surface area contributed by atoms with Crippen LogP contribution in [-0.4, -0.2) is 24.4 Å². The smallest absolute Gasteiger partial charge is 0.128 e. The minimum atomic E-state index is -0.938. The summed E-state index contributed by atoms with van der Waals surface area (Å²) in [4.78, 5) is 0. The summed E-state index contributed by atoms with van der Waals surface area (Å²) in [5.74, 6) is -0.519. The number of nitrogens with two attached hydrogens (primary N) is 1. The molecule has 1 aliphatic heterocycles. The van der Waals surface area contributed by atoms with Crippen LogP contribution in [0.5, 0.6) is 0 Å². The Kier molecular flexibility index (Phi) is 3.47. The van der Waals surface area contributed by atoms with E-state index in [2.05, 4.69) is 0 Å². The molecular weight excluding hydrogens is 221 g/mol. The van der Waals surface area contributed by atoms with Crippen LogP contribution in [0.15, 0.2) is 24.3 Å². The van der Waals surface area contributed by atoms with E-state index in [0.717, 1.165) is 0 Å². The van der Waals surface area contributed by atoms with E-state index in [1.165, 1.54) is 6.07 Å². The molecule has 0 saturated carbocycles. The molecule has 0 radical (unpaired) electrons. The SMILES string of the molecule is C[C@H]1CC(CO)C(N)(c2ccccc2F)CO1. The van der Waals surface area contributed by atoms with Crippen LogP contribution in [0.3, 0.4) is 0 Å². The number of rotatable bonds is 2. The zero-order valence-electron chi connectivity index (χ0n) is 9.90. The van der Waals surface area contributed by atoms with Crippen LogP contribution in [0, 0.1) is 11.7 Å². The number of aliphatic hydroxyl groups excluding tert-OH is 1. The number of benzene rings is 1. The summed E-state index contributed by atoms with van der Waals surface area (Å²) in [5.41, 5.74) is 5.76. The van der Waals surface area contributed by atoms with Crippen molar-refractivity contribution in [1.29, 1.82) is 0 Å². The lowest BCUT2D eigenvalue weighted by molar-refractivity contribution is -0.0680. The molecule has 2 unspecified atom stereocenters. The molecule has 0 aromatic heterocycles. The molecule has 94 valence electrons. The van der Waals surface area contributed by atoms with Gasteiger partial charge in [0.1, 0.15) is 5.82 Å². The highest BCUT2D eigenvalue weighted by atomic mass is 19.1. The van der Waals surface area contributed by atoms with Gasteiger partial charge in [-0.2, -0.15) is 0 Å². The topological polar surface area (TPSA) is 55.5 Å². The molecule has 17 heavy (non-hydrogen) atoms. The lowest BCUT2D eigenvalue weighted by Gasteiger charge is -2.43. The largest absolute Gasteiger partial charge is 0.396 e. The highest BCUT2D eigenvalue weighted by Gasteiger charge is 2.42. The normalized spacial score (nSPS) is 33.6. The van der Waals surface area contributed by atoms with Crippen LogP contribution < -0.4 is 5.73 Å². The second kappa shape index (κ2) is 4.72. The molecule has 0 aliphatic carbocycles. The second-order valence-electron chi connectivity index (χ2n) is 4.76. The van der Waals surface area contributed by atoms with E-state index >= 15 is 0 Å². The first-order chi connectivity index (χ1) is 8.08. The Morgan fingerprint density at radius 2 is 2.24 bits per heavy atom. The van der Waals surface area contributed by atoms with E-state index in [1.54, 1.807) is 18.2 Å². The fraction of sp³-hybridized carbons (Fsp3) is 0.538. The number of hydrogen-bond donors (Lipinski definition) is 2. The van der Waals surface area contributed by atoms with Gasteiger partial charge in [-0.3, -0.25) is 0 Å². The third kappa shape index (κ3) is 2.20. The number of hydrogen-bond acceptors (Lipinski definition) is 3. The van der Waals surface area contributed by atoms with Crippen molar-refractivity contribution in [3.05, 3.63) is 35.6 Å². The maximum Gasteiger partial charge on any atom is 0.128 e. The van der Waals surface area contributed by atoms with Crippen LogP contribution in [-0.2, 0) is 10.3 Å². The van der Waals surface area contributed by atoms with Gasteiger partial charge in [-0.05, 0) is 19.4 Å². The van der Waals surface area contributed by atoms with Crippen molar-refractivity contribution in [2.45, 2.75) is 25.0 Å². The Balaban J connectivity index is 2.37. The van der Waals surface area contributed by atoms with Gasteiger partial charge in [0.15, 0.2) is 0 Å². The number of ether oxygens (including phenoxy) is 1. The zero-order chi connectivity index (χ0) is 12.5. The summed E-state index contributed by atoms with van der Waals surface area (Å²) in [6, 6.07) is 6.43. The van der Waals surface area contributed by atoms with Gasteiger partial charge >= 0.3 is 0 Å². The fourth-order valence-corrected chi connectivity index (χ4v) is 2.45. The molecule has 1 aromatic carbocycles. The molecule has 3 N–H and O–H groups in total. The fourth-order valence-electron chi connectivity index (χ4n) is 2.45. The molecule has 1 aromatic rings.